The first-order valence-corrected chi connectivity index (χ1v) is 5.28. The molecule has 1 saturated heterocycles. The van der Waals surface area contributed by atoms with Gasteiger partial charge in [0.15, 0.2) is 0 Å². The predicted molar refractivity (Wildman–Crippen MR) is 56.4 cm³/mol. The Morgan fingerprint density at radius 1 is 1.60 bits per heavy atom. The van der Waals surface area contributed by atoms with Crippen molar-refractivity contribution in [1.82, 2.24) is 10.4 Å². The normalized spacial score (nSPS) is 22.8. The number of alkyl carbamates (subject to hydrolysis) is 1. The fourth-order valence-corrected chi connectivity index (χ4v) is 1.33. The van der Waals surface area contributed by atoms with Crippen LogP contribution in [0.3, 0.4) is 0 Å². The van der Waals surface area contributed by atoms with Gasteiger partial charge in [-0.1, -0.05) is 6.92 Å². The molecule has 5 nitrogen and oxygen atoms in total. The van der Waals surface area contributed by atoms with Crippen LogP contribution < -0.4 is 5.32 Å². The van der Waals surface area contributed by atoms with Crippen LogP contribution in [0.1, 0.15) is 27.7 Å². The molecule has 88 valence electrons. The molecule has 0 aromatic heterocycles. The Bertz CT molecular complexity index is 225. The minimum Gasteiger partial charge on any atom is -0.444 e. The second-order valence-corrected chi connectivity index (χ2v) is 4.62. The van der Waals surface area contributed by atoms with Gasteiger partial charge in [0.1, 0.15) is 5.60 Å². The molecule has 0 aliphatic carbocycles. The van der Waals surface area contributed by atoms with E-state index in [4.69, 9.17) is 9.57 Å². The quantitative estimate of drug-likeness (QED) is 0.752. The Balaban J connectivity index is 2.28. The average molecular weight is 216 g/mol. The zero-order valence-corrected chi connectivity index (χ0v) is 9.87. The van der Waals surface area contributed by atoms with E-state index in [-0.39, 0.29) is 12.1 Å². The third kappa shape index (κ3) is 4.48. The standard InChI is InChI=1S/C10H20N2O3/c1-5-12-6-8(7-14-12)11-9(13)15-10(2,3)4/h8H,5-7H2,1-4H3,(H,11,13). The lowest BCUT2D eigenvalue weighted by Crippen LogP contribution is -2.41. The summed E-state index contributed by atoms with van der Waals surface area (Å²) >= 11 is 0. The number of hydrogen-bond acceptors (Lipinski definition) is 4. The maximum absolute atomic E-state index is 11.4. The van der Waals surface area contributed by atoms with Crippen LogP contribution in [0.5, 0.6) is 0 Å². The van der Waals surface area contributed by atoms with Crippen molar-refractivity contribution in [3.63, 3.8) is 0 Å². The summed E-state index contributed by atoms with van der Waals surface area (Å²) in [5.41, 5.74) is -0.450. The van der Waals surface area contributed by atoms with Gasteiger partial charge in [-0.15, -0.1) is 0 Å². The van der Waals surface area contributed by atoms with Crippen LogP contribution in [0.25, 0.3) is 0 Å². The molecule has 0 bridgehead atoms. The first-order chi connectivity index (χ1) is 6.90. The molecule has 1 unspecified atom stereocenters. The lowest BCUT2D eigenvalue weighted by molar-refractivity contribution is -0.105. The van der Waals surface area contributed by atoms with Gasteiger partial charge < -0.3 is 10.1 Å². The summed E-state index contributed by atoms with van der Waals surface area (Å²) in [6, 6.07) is 0.0276. The molecule has 1 aliphatic rings. The number of rotatable bonds is 2. The van der Waals surface area contributed by atoms with Gasteiger partial charge in [0.05, 0.1) is 12.6 Å². The van der Waals surface area contributed by atoms with Gasteiger partial charge >= 0.3 is 6.09 Å². The summed E-state index contributed by atoms with van der Waals surface area (Å²) in [7, 11) is 0. The molecule has 1 fully saturated rings. The van der Waals surface area contributed by atoms with Gasteiger partial charge in [0.25, 0.3) is 0 Å². The van der Waals surface area contributed by atoms with Crippen LogP contribution in [0.4, 0.5) is 4.79 Å². The largest absolute Gasteiger partial charge is 0.444 e. The average Bonchev–Trinajstić information content (AvgIpc) is 2.48. The van der Waals surface area contributed by atoms with Gasteiger partial charge in [-0.3, -0.25) is 4.84 Å². The highest BCUT2D eigenvalue weighted by Gasteiger charge is 2.25. The highest BCUT2D eigenvalue weighted by Crippen LogP contribution is 2.09. The summed E-state index contributed by atoms with van der Waals surface area (Å²) in [5.74, 6) is 0. The molecule has 1 aliphatic heterocycles. The molecule has 1 amide bonds. The van der Waals surface area contributed by atoms with Crippen molar-refractivity contribution in [3.8, 4) is 0 Å². The molecule has 1 N–H and O–H groups in total. The highest BCUT2D eigenvalue weighted by atomic mass is 16.7. The number of hydrogen-bond donors (Lipinski definition) is 1. The summed E-state index contributed by atoms with van der Waals surface area (Å²) in [6.45, 7) is 9.60. The number of nitrogens with zero attached hydrogens (tertiary/aromatic N) is 1. The van der Waals surface area contributed by atoms with Crippen LogP contribution >= 0.6 is 0 Å². The van der Waals surface area contributed by atoms with Crippen molar-refractivity contribution >= 4 is 6.09 Å². The fourth-order valence-electron chi connectivity index (χ4n) is 1.33. The van der Waals surface area contributed by atoms with Crippen molar-refractivity contribution in [2.24, 2.45) is 0 Å². The Hall–Kier alpha value is -0.810. The fraction of sp³-hybridized carbons (Fsp3) is 0.900. The topological polar surface area (TPSA) is 50.8 Å². The van der Waals surface area contributed by atoms with E-state index in [1.165, 1.54) is 0 Å². The molecule has 0 radical (unpaired) electrons. The number of nitrogens with one attached hydrogen (secondary N) is 1. The Morgan fingerprint density at radius 2 is 2.27 bits per heavy atom. The lowest BCUT2D eigenvalue weighted by atomic mass is 10.2. The van der Waals surface area contributed by atoms with Crippen LogP contribution in [0, 0.1) is 0 Å². The second-order valence-electron chi connectivity index (χ2n) is 4.62. The van der Waals surface area contributed by atoms with Gasteiger partial charge in [-0.25, -0.2) is 4.79 Å². The van der Waals surface area contributed by atoms with E-state index in [1.807, 2.05) is 32.8 Å². The minimum absolute atomic E-state index is 0.0276. The molecule has 1 rings (SSSR count). The van der Waals surface area contributed by atoms with Crippen LogP contribution in [0.15, 0.2) is 0 Å². The van der Waals surface area contributed by atoms with E-state index in [0.29, 0.717) is 6.61 Å². The molecular formula is C10H20N2O3. The monoisotopic (exact) mass is 216 g/mol. The van der Waals surface area contributed by atoms with Crippen molar-refractivity contribution in [3.05, 3.63) is 0 Å². The molecule has 1 atom stereocenters. The van der Waals surface area contributed by atoms with Crippen molar-refractivity contribution < 1.29 is 14.4 Å². The maximum atomic E-state index is 11.4. The van der Waals surface area contributed by atoms with E-state index in [2.05, 4.69) is 5.32 Å². The van der Waals surface area contributed by atoms with Gasteiger partial charge in [-0.05, 0) is 20.8 Å². The Labute approximate surface area is 90.7 Å². The van der Waals surface area contributed by atoms with Crippen molar-refractivity contribution in [2.45, 2.75) is 39.3 Å². The molecule has 0 aromatic carbocycles. The first-order valence-electron chi connectivity index (χ1n) is 5.28. The highest BCUT2D eigenvalue weighted by molar-refractivity contribution is 5.68. The lowest BCUT2D eigenvalue weighted by Gasteiger charge is -2.21. The van der Waals surface area contributed by atoms with Crippen LogP contribution in [0.2, 0.25) is 0 Å². The molecule has 0 aromatic rings. The molecule has 0 spiro atoms. The molecule has 5 heteroatoms. The van der Waals surface area contributed by atoms with E-state index in [9.17, 15) is 4.79 Å². The Morgan fingerprint density at radius 3 is 2.73 bits per heavy atom. The molecule has 0 saturated carbocycles. The molecule has 1 heterocycles. The minimum atomic E-state index is -0.450. The predicted octanol–water partition coefficient (Wildman–Crippen LogP) is 1.15. The summed E-state index contributed by atoms with van der Waals surface area (Å²) in [4.78, 5) is 16.7. The molecule has 15 heavy (non-hydrogen) atoms. The SMILES string of the molecule is CCN1CC(NC(=O)OC(C)(C)C)CO1. The number of carbonyl (C=O) groups is 1. The summed E-state index contributed by atoms with van der Waals surface area (Å²) < 4.78 is 5.14. The van der Waals surface area contributed by atoms with Crippen molar-refractivity contribution in [2.75, 3.05) is 19.7 Å². The smallest absolute Gasteiger partial charge is 0.407 e. The maximum Gasteiger partial charge on any atom is 0.407 e. The van der Waals surface area contributed by atoms with E-state index >= 15 is 0 Å². The summed E-state index contributed by atoms with van der Waals surface area (Å²) in [5, 5.41) is 4.59. The number of hydroxylamine groups is 2. The number of likely N-dealkylation sites (N-methyl/N-ethyl adjacent to an activating group) is 1. The van der Waals surface area contributed by atoms with E-state index < -0.39 is 5.60 Å². The summed E-state index contributed by atoms with van der Waals surface area (Å²) in [6.07, 6.45) is -0.381. The van der Waals surface area contributed by atoms with Gasteiger partial charge in [0.2, 0.25) is 0 Å². The number of carbonyl (C=O) groups excluding carboxylic acids is 1. The Kier molecular flexibility index (Phi) is 3.93. The van der Waals surface area contributed by atoms with E-state index in [0.717, 1.165) is 13.1 Å². The van der Waals surface area contributed by atoms with Crippen LogP contribution in [-0.2, 0) is 9.57 Å². The van der Waals surface area contributed by atoms with Gasteiger partial charge in [0, 0.05) is 13.1 Å². The third-order valence-electron chi connectivity index (χ3n) is 1.96. The third-order valence-corrected chi connectivity index (χ3v) is 1.96. The van der Waals surface area contributed by atoms with Crippen molar-refractivity contribution in [1.29, 1.82) is 0 Å². The van der Waals surface area contributed by atoms with E-state index in [1.54, 1.807) is 0 Å². The molecular weight excluding hydrogens is 196 g/mol. The number of amides is 1. The zero-order valence-electron chi connectivity index (χ0n) is 9.87. The number of ether oxygens (including phenoxy) is 1. The van der Waals surface area contributed by atoms with Gasteiger partial charge in [-0.2, -0.15) is 5.06 Å². The zero-order chi connectivity index (χ0) is 11.5. The first kappa shape index (κ1) is 12.3. The van der Waals surface area contributed by atoms with Crippen LogP contribution in [-0.4, -0.2) is 42.5 Å². The second kappa shape index (κ2) is 4.81.